The number of hydrogen-bond donors (Lipinski definition) is 1. The summed E-state index contributed by atoms with van der Waals surface area (Å²) in [4.78, 5) is 8.40. The number of imidazole rings is 1. The lowest BCUT2D eigenvalue weighted by atomic mass is 10.4. The number of halogens is 1. The summed E-state index contributed by atoms with van der Waals surface area (Å²) in [6, 6.07) is 3.77. The maximum Gasteiger partial charge on any atom is 0.209 e. The zero-order chi connectivity index (χ0) is 11.7. The molecule has 0 radical (unpaired) electrons. The molecule has 0 unspecified atom stereocenters. The first-order valence-electron chi connectivity index (χ1n) is 5.07. The molecule has 6 heteroatoms. The number of fused-ring (bicyclic) bond motifs is 1. The lowest BCUT2D eigenvalue weighted by Gasteiger charge is -2.06. The Morgan fingerprint density at radius 3 is 3.18 bits per heavy atom. The van der Waals surface area contributed by atoms with Crippen molar-refractivity contribution in [1.29, 1.82) is 0 Å². The van der Waals surface area contributed by atoms with E-state index < -0.39 is 0 Å². The smallest absolute Gasteiger partial charge is 0.209 e. The predicted octanol–water partition coefficient (Wildman–Crippen LogP) is 2.70. The van der Waals surface area contributed by atoms with Gasteiger partial charge in [0.1, 0.15) is 12.1 Å². The van der Waals surface area contributed by atoms with Crippen molar-refractivity contribution in [2.24, 2.45) is 0 Å². The van der Waals surface area contributed by atoms with Crippen LogP contribution >= 0.6 is 15.9 Å². The molecule has 3 heterocycles. The van der Waals surface area contributed by atoms with Gasteiger partial charge in [0.2, 0.25) is 5.95 Å². The van der Waals surface area contributed by atoms with Gasteiger partial charge in [0.25, 0.3) is 0 Å². The van der Waals surface area contributed by atoms with Crippen molar-refractivity contribution in [2.75, 3.05) is 5.32 Å². The van der Waals surface area contributed by atoms with E-state index in [1.165, 1.54) is 0 Å². The van der Waals surface area contributed by atoms with Crippen LogP contribution in [0, 0.1) is 0 Å². The zero-order valence-electron chi connectivity index (χ0n) is 8.80. The molecular formula is C11H9BrN4O. The summed E-state index contributed by atoms with van der Waals surface area (Å²) in [5, 5.41) is 3.20. The number of hydrogen-bond acceptors (Lipinski definition) is 4. The third-order valence-corrected chi connectivity index (χ3v) is 3.02. The maximum absolute atomic E-state index is 5.25. The Balaban J connectivity index is 1.90. The minimum absolute atomic E-state index is 0.592. The monoisotopic (exact) mass is 292 g/mol. The van der Waals surface area contributed by atoms with Crippen LogP contribution in [0.3, 0.4) is 0 Å². The van der Waals surface area contributed by atoms with Crippen LogP contribution in [0.5, 0.6) is 0 Å². The van der Waals surface area contributed by atoms with Gasteiger partial charge < -0.3 is 9.73 Å². The van der Waals surface area contributed by atoms with Crippen molar-refractivity contribution in [3.8, 4) is 0 Å². The van der Waals surface area contributed by atoms with Gasteiger partial charge in [-0.15, -0.1) is 0 Å². The van der Waals surface area contributed by atoms with E-state index in [1.807, 2.05) is 16.5 Å². The number of furan rings is 1. The normalized spacial score (nSPS) is 10.9. The van der Waals surface area contributed by atoms with Crippen LogP contribution < -0.4 is 5.32 Å². The fourth-order valence-corrected chi connectivity index (χ4v) is 1.99. The standard InChI is InChI=1S/C11H9BrN4O/c12-9-5-15-11(16-7-13-6-10(9)16)14-4-8-2-1-3-17-8/h1-3,5-7H,4H2,(H,14,15). The van der Waals surface area contributed by atoms with Gasteiger partial charge >= 0.3 is 0 Å². The first-order valence-corrected chi connectivity index (χ1v) is 5.87. The average molecular weight is 293 g/mol. The molecule has 0 spiro atoms. The maximum atomic E-state index is 5.25. The van der Waals surface area contributed by atoms with Gasteiger partial charge in [-0.3, -0.25) is 4.40 Å². The lowest BCUT2D eigenvalue weighted by molar-refractivity contribution is 0.517. The Labute approximate surface area is 106 Å². The highest BCUT2D eigenvalue weighted by Crippen LogP contribution is 2.19. The van der Waals surface area contributed by atoms with E-state index in [-0.39, 0.29) is 0 Å². The Hall–Kier alpha value is -1.82. The van der Waals surface area contributed by atoms with E-state index in [2.05, 4.69) is 31.2 Å². The fraction of sp³-hybridized carbons (Fsp3) is 0.0909. The molecule has 0 atom stereocenters. The van der Waals surface area contributed by atoms with Gasteiger partial charge in [-0.2, -0.15) is 0 Å². The second-order valence-electron chi connectivity index (χ2n) is 3.51. The molecular weight excluding hydrogens is 284 g/mol. The van der Waals surface area contributed by atoms with E-state index in [0.29, 0.717) is 6.54 Å². The van der Waals surface area contributed by atoms with Crippen molar-refractivity contribution >= 4 is 27.4 Å². The molecule has 5 nitrogen and oxygen atoms in total. The summed E-state index contributed by atoms with van der Waals surface area (Å²) in [5.74, 6) is 1.60. The van der Waals surface area contributed by atoms with Crippen molar-refractivity contribution in [1.82, 2.24) is 14.4 Å². The van der Waals surface area contributed by atoms with Crippen molar-refractivity contribution in [3.63, 3.8) is 0 Å². The van der Waals surface area contributed by atoms with E-state index in [9.17, 15) is 0 Å². The van der Waals surface area contributed by atoms with E-state index in [1.54, 1.807) is 25.0 Å². The molecule has 0 aliphatic carbocycles. The third kappa shape index (κ3) is 1.91. The molecule has 0 saturated carbocycles. The Kier molecular flexibility index (Phi) is 2.56. The summed E-state index contributed by atoms with van der Waals surface area (Å²) >= 11 is 3.43. The highest BCUT2D eigenvalue weighted by molar-refractivity contribution is 9.10. The van der Waals surface area contributed by atoms with Crippen molar-refractivity contribution < 1.29 is 4.42 Å². The quantitative estimate of drug-likeness (QED) is 0.806. The summed E-state index contributed by atoms with van der Waals surface area (Å²) in [7, 11) is 0. The van der Waals surface area contributed by atoms with E-state index >= 15 is 0 Å². The van der Waals surface area contributed by atoms with Crippen LogP contribution in [0.15, 0.2) is 46.0 Å². The molecule has 3 rings (SSSR count). The summed E-state index contributed by atoms with van der Waals surface area (Å²) in [6.07, 6.45) is 6.90. The SMILES string of the molecule is Brc1cnc(NCc2ccco2)n2cncc12. The highest BCUT2D eigenvalue weighted by Gasteiger charge is 2.05. The Bertz CT molecular complexity index is 632. The molecule has 1 N–H and O–H groups in total. The van der Waals surface area contributed by atoms with Crippen LogP contribution in [0.4, 0.5) is 5.95 Å². The minimum Gasteiger partial charge on any atom is -0.467 e. The van der Waals surface area contributed by atoms with Gasteiger partial charge in [0.15, 0.2) is 0 Å². The van der Waals surface area contributed by atoms with Crippen LogP contribution in [-0.2, 0) is 6.54 Å². The van der Waals surface area contributed by atoms with Gasteiger partial charge in [0, 0.05) is 6.20 Å². The average Bonchev–Trinajstić information content (AvgIpc) is 2.99. The van der Waals surface area contributed by atoms with E-state index in [4.69, 9.17) is 4.42 Å². The second kappa shape index (κ2) is 4.21. The minimum atomic E-state index is 0.592. The molecule has 0 fully saturated rings. The molecule has 17 heavy (non-hydrogen) atoms. The molecule has 0 aliphatic rings. The number of anilines is 1. The van der Waals surface area contributed by atoms with Gasteiger partial charge in [-0.25, -0.2) is 9.97 Å². The fourth-order valence-electron chi connectivity index (χ4n) is 1.60. The predicted molar refractivity (Wildman–Crippen MR) is 66.7 cm³/mol. The molecule has 0 saturated heterocycles. The first kappa shape index (κ1) is 10.3. The third-order valence-electron chi connectivity index (χ3n) is 2.41. The summed E-state index contributed by atoms with van der Waals surface area (Å²) in [5.41, 5.74) is 0.974. The van der Waals surface area contributed by atoms with Crippen molar-refractivity contribution in [2.45, 2.75) is 6.54 Å². The number of nitrogens with zero attached hydrogens (tertiary/aromatic N) is 3. The topological polar surface area (TPSA) is 55.4 Å². The number of nitrogens with one attached hydrogen (secondary N) is 1. The molecule has 3 aromatic rings. The molecule has 0 aromatic carbocycles. The van der Waals surface area contributed by atoms with Gasteiger partial charge in [0.05, 0.1) is 29.0 Å². The van der Waals surface area contributed by atoms with Gasteiger partial charge in [-0.1, -0.05) is 0 Å². The molecule has 3 aromatic heterocycles. The van der Waals surface area contributed by atoms with Crippen LogP contribution in [0.25, 0.3) is 5.52 Å². The Morgan fingerprint density at radius 1 is 1.41 bits per heavy atom. The second-order valence-corrected chi connectivity index (χ2v) is 4.37. The zero-order valence-corrected chi connectivity index (χ0v) is 10.4. The molecule has 0 aliphatic heterocycles. The van der Waals surface area contributed by atoms with Crippen LogP contribution in [-0.4, -0.2) is 14.4 Å². The van der Waals surface area contributed by atoms with Crippen molar-refractivity contribution in [3.05, 3.63) is 47.3 Å². The largest absolute Gasteiger partial charge is 0.467 e. The summed E-state index contributed by atoms with van der Waals surface area (Å²) in [6.45, 7) is 0.592. The van der Waals surface area contributed by atoms with E-state index in [0.717, 1.165) is 21.7 Å². The number of aromatic nitrogens is 3. The lowest BCUT2D eigenvalue weighted by Crippen LogP contribution is -2.05. The molecule has 86 valence electrons. The van der Waals surface area contributed by atoms with Gasteiger partial charge in [-0.05, 0) is 28.1 Å². The molecule has 0 bridgehead atoms. The highest BCUT2D eigenvalue weighted by atomic mass is 79.9. The molecule has 0 amide bonds. The Morgan fingerprint density at radius 2 is 2.35 bits per heavy atom. The van der Waals surface area contributed by atoms with Crippen LogP contribution in [0.1, 0.15) is 5.76 Å². The van der Waals surface area contributed by atoms with Crippen LogP contribution in [0.2, 0.25) is 0 Å². The summed E-state index contributed by atoms with van der Waals surface area (Å²) < 4.78 is 8.05. The number of rotatable bonds is 3. The first-order chi connectivity index (χ1) is 8.34.